The van der Waals surface area contributed by atoms with Gasteiger partial charge in [-0.2, -0.15) is 5.10 Å². The number of amides is 1. The molecule has 0 spiro atoms. The molecule has 1 amide bonds. The molecule has 1 unspecified atom stereocenters. The molecule has 26 heavy (non-hydrogen) atoms. The molecule has 1 saturated heterocycles. The van der Waals surface area contributed by atoms with E-state index in [0.717, 1.165) is 42.3 Å². The number of piperidine rings is 1. The van der Waals surface area contributed by atoms with Gasteiger partial charge in [-0.1, -0.05) is 13.3 Å². The molecule has 5 nitrogen and oxygen atoms in total. The molecule has 1 saturated carbocycles. The molecule has 0 radical (unpaired) electrons. The maximum Gasteiger partial charge on any atom is 0.240 e. The lowest BCUT2D eigenvalue weighted by Gasteiger charge is -2.41. The van der Waals surface area contributed by atoms with Crippen molar-refractivity contribution in [3.63, 3.8) is 0 Å². The number of hydrogen-bond acceptors (Lipinski definition) is 4. The van der Waals surface area contributed by atoms with Crippen molar-refractivity contribution in [3.05, 3.63) is 29.8 Å². The lowest BCUT2D eigenvalue weighted by molar-refractivity contribution is -0.122. The van der Waals surface area contributed by atoms with E-state index < -0.39 is 0 Å². The molecular weight excluding hydrogens is 326 g/mol. The van der Waals surface area contributed by atoms with Crippen LogP contribution < -0.4 is 10.2 Å². The Labute approximate surface area is 155 Å². The Kier molecular flexibility index (Phi) is 5.25. The molecule has 3 aliphatic rings. The quantitative estimate of drug-likeness (QED) is 0.881. The fourth-order valence-corrected chi connectivity index (χ4v) is 4.23. The highest BCUT2D eigenvalue weighted by Crippen LogP contribution is 2.29. The monoisotopic (exact) mass is 355 g/mol. The smallest absolute Gasteiger partial charge is 0.240 e. The maximum absolute atomic E-state index is 11.5. The Morgan fingerprint density at radius 1 is 1.15 bits per heavy atom. The van der Waals surface area contributed by atoms with Crippen molar-refractivity contribution < 1.29 is 9.53 Å². The predicted octanol–water partition coefficient (Wildman–Crippen LogP) is 3.33. The van der Waals surface area contributed by atoms with Crippen LogP contribution in [0.3, 0.4) is 0 Å². The number of carbonyl (C=O) groups is 1. The van der Waals surface area contributed by atoms with Crippen LogP contribution in [0.5, 0.6) is 5.75 Å². The third-order valence-corrected chi connectivity index (χ3v) is 6.13. The van der Waals surface area contributed by atoms with Crippen LogP contribution in [-0.2, 0) is 4.79 Å². The third-order valence-electron chi connectivity index (χ3n) is 6.13. The van der Waals surface area contributed by atoms with E-state index in [0.29, 0.717) is 12.5 Å². The molecule has 4 rings (SSSR count). The topological polar surface area (TPSA) is 53.9 Å². The molecule has 1 aromatic rings. The number of likely N-dealkylation sites (tertiary alicyclic amines) is 1. The minimum Gasteiger partial charge on any atom is -0.490 e. The summed E-state index contributed by atoms with van der Waals surface area (Å²) in [7, 11) is 0. The lowest BCUT2D eigenvalue weighted by Crippen LogP contribution is -2.46. The largest absolute Gasteiger partial charge is 0.490 e. The summed E-state index contributed by atoms with van der Waals surface area (Å²) in [6.45, 7) is 4.44. The third kappa shape index (κ3) is 3.78. The van der Waals surface area contributed by atoms with Crippen molar-refractivity contribution in [3.8, 4) is 5.75 Å². The zero-order valence-electron chi connectivity index (χ0n) is 15.6. The second-order valence-corrected chi connectivity index (χ2v) is 7.80. The van der Waals surface area contributed by atoms with Gasteiger partial charge in [0.1, 0.15) is 11.9 Å². The van der Waals surface area contributed by atoms with Gasteiger partial charge in [0.25, 0.3) is 0 Å². The standard InChI is InChI=1S/C21H29N3O2/c1-2-15-14-20(25)22-23-21(15)16-6-8-18(9-7-16)26-19-10-12-24(13-11-19)17-4-3-5-17/h6-9,15,17,19H,2-5,10-14H2,1H3,(H,22,25). The number of nitrogens with one attached hydrogen (secondary N) is 1. The lowest BCUT2D eigenvalue weighted by atomic mass is 9.89. The summed E-state index contributed by atoms with van der Waals surface area (Å²) in [6.07, 6.45) is 8.18. The normalized spacial score (nSPS) is 25.3. The van der Waals surface area contributed by atoms with E-state index in [4.69, 9.17) is 4.74 Å². The second kappa shape index (κ2) is 7.78. The molecule has 1 aromatic carbocycles. The van der Waals surface area contributed by atoms with Gasteiger partial charge < -0.3 is 9.64 Å². The van der Waals surface area contributed by atoms with Gasteiger partial charge in [-0.15, -0.1) is 0 Å². The van der Waals surface area contributed by atoms with Crippen molar-refractivity contribution in [1.82, 2.24) is 10.3 Å². The summed E-state index contributed by atoms with van der Waals surface area (Å²) in [5.41, 5.74) is 4.66. The highest BCUT2D eigenvalue weighted by molar-refractivity contribution is 6.05. The summed E-state index contributed by atoms with van der Waals surface area (Å²) in [5, 5.41) is 4.29. The number of ether oxygens (including phenoxy) is 1. The van der Waals surface area contributed by atoms with Gasteiger partial charge in [-0.25, -0.2) is 5.43 Å². The second-order valence-electron chi connectivity index (χ2n) is 7.80. The molecule has 2 fully saturated rings. The number of carbonyl (C=O) groups excluding carboxylic acids is 1. The number of hydrazone groups is 1. The summed E-state index contributed by atoms with van der Waals surface area (Å²) in [5.74, 6) is 1.14. The molecule has 5 heteroatoms. The van der Waals surface area contributed by atoms with Crippen molar-refractivity contribution in [2.45, 2.75) is 64.0 Å². The Balaban J connectivity index is 1.34. The Hall–Kier alpha value is -1.88. The van der Waals surface area contributed by atoms with E-state index in [1.165, 1.54) is 32.4 Å². The molecule has 140 valence electrons. The molecule has 1 N–H and O–H groups in total. The van der Waals surface area contributed by atoms with Crippen LogP contribution in [0.15, 0.2) is 29.4 Å². The molecule has 0 aromatic heterocycles. The van der Waals surface area contributed by atoms with Gasteiger partial charge in [0.2, 0.25) is 5.91 Å². The van der Waals surface area contributed by atoms with E-state index in [9.17, 15) is 4.79 Å². The average molecular weight is 355 g/mol. The molecule has 1 aliphatic carbocycles. The van der Waals surface area contributed by atoms with Crippen LogP contribution in [0, 0.1) is 5.92 Å². The van der Waals surface area contributed by atoms with Gasteiger partial charge in [0, 0.05) is 31.5 Å². The van der Waals surface area contributed by atoms with Gasteiger partial charge in [0.05, 0.1) is 5.71 Å². The van der Waals surface area contributed by atoms with Gasteiger partial charge >= 0.3 is 0 Å². The summed E-state index contributed by atoms with van der Waals surface area (Å²) in [4.78, 5) is 14.2. The fourth-order valence-electron chi connectivity index (χ4n) is 4.23. The zero-order chi connectivity index (χ0) is 17.9. The van der Waals surface area contributed by atoms with E-state index in [2.05, 4.69) is 34.5 Å². The van der Waals surface area contributed by atoms with E-state index in [-0.39, 0.29) is 11.8 Å². The minimum absolute atomic E-state index is 0.00814. The summed E-state index contributed by atoms with van der Waals surface area (Å²) in [6, 6.07) is 9.06. The Bertz CT molecular complexity index is 658. The van der Waals surface area contributed by atoms with Crippen molar-refractivity contribution in [1.29, 1.82) is 0 Å². The van der Waals surface area contributed by atoms with E-state index in [1.54, 1.807) is 0 Å². The molecule has 0 bridgehead atoms. The van der Waals surface area contributed by atoms with Crippen molar-refractivity contribution >= 4 is 11.6 Å². The number of hydrogen-bond donors (Lipinski definition) is 1. The van der Waals surface area contributed by atoms with Crippen LogP contribution in [0.1, 0.15) is 57.4 Å². The van der Waals surface area contributed by atoms with Gasteiger partial charge in [-0.3, -0.25) is 4.79 Å². The first-order valence-corrected chi connectivity index (χ1v) is 10.1. The first-order chi connectivity index (χ1) is 12.7. The van der Waals surface area contributed by atoms with Crippen LogP contribution in [-0.4, -0.2) is 41.8 Å². The molecular formula is C21H29N3O2. The summed E-state index contributed by atoms with van der Waals surface area (Å²) >= 11 is 0. The van der Waals surface area contributed by atoms with Gasteiger partial charge in [-0.05, 0) is 61.9 Å². The number of nitrogens with zero attached hydrogens (tertiary/aromatic N) is 2. The Morgan fingerprint density at radius 3 is 2.50 bits per heavy atom. The van der Waals surface area contributed by atoms with Crippen molar-refractivity contribution in [2.24, 2.45) is 11.0 Å². The highest BCUT2D eigenvalue weighted by Gasteiger charge is 2.29. The maximum atomic E-state index is 11.5. The highest BCUT2D eigenvalue weighted by atomic mass is 16.5. The average Bonchev–Trinajstić information content (AvgIpc) is 2.62. The Morgan fingerprint density at radius 2 is 1.88 bits per heavy atom. The van der Waals surface area contributed by atoms with Crippen LogP contribution >= 0.6 is 0 Å². The van der Waals surface area contributed by atoms with Gasteiger partial charge in [0.15, 0.2) is 0 Å². The fraction of sp³-hybridized carbons (Fsp3) is 0.619. The van der Waals surface area contributed by atoms with Crippen molar-refractivity contribution in [2.75, 3.05) is 13.1 Å². The molecule has 1 atom stereocenters. The SMILES string of the molecule is CCC1CC(=O)NN=C1c1ccc(OC2CCN(C3CCC3)CC2)cc1. The van der Waals surface area contributed by atoms with E-state index >= 15 is 0 Å². The first kappa shape index (κ1) is 17.5. The van der Waals surface area contributed by atoms with Crippen LogP contribution in [0.2, 0.25) is 0 Å². The van der Waals surface area contributed by atoms with E-state index in [1.807, 2.05) is 12.1 Å². The van der Waals surface area contributed by atoms with Crippen LogP contribution in [0.25, 0.3) is 0 Å². The predicted molar refractivity (Wildman–Crippen MR) is 102 cm³/mol. The molecule has 2 aliphatic heterocycles. The summed E-state index contributed by atoms with van der Waals surface area (Å²) < 4.78 is 6.21. The number of rotatable bonds is 5. The number of benzene rings is 1. The molecule has 2 heterocycles. The zero-order valence-corrected chi connectivity index (χ0v) is 15.6. The minimum atomic E-state index is 0.00814. The van der Waals surface area contributed by atoms with Crippen LogP contribution in [0.4, 0.5) is 0 Å². The first-order valence-electron chi connectivity index (χ1n) is 10.1.